The first kappa shape index (κ1) is 11.0. The number of hydrogen-bond donors (Lipinski definition) is 0. The van der Waals surface area contributed by atoms with E-state index >= 15 is 0 Å². The van der Waals surface area contributed by atoms with Gasteiger partial charge in [-0.05, 0) is 6.42 Å². The summed E-state index contributed by atoms with van der Waals surface area (Å²) in [6.45, 7) is 1.80. The van der Waals surface area contributed by atoms with Gasteiger partial charge in [0, 0.05) is 19.3 Å². The number of carbonyl (C=O) groups is 3. The third-order valence-corrected chi connectivity index (χ3v) is 1.62. The molecule has 68 valence electrons. The van der Waals surface area contributed by atoms with Crippen molar-refractivity contribution in [3.8, 4) is 0 Å². The van der Waals surface area contributed by atoms with Gasteiger partial charge in [0.25, 0.3) is 0 Å². The van der Waals surface area contributed by atoms with Gasteiger partial charge < -0.3 is 4.79 Å². The van der Waals surface area contributed by atoms with Crippen molar-refractivity contribution in [2.75, 3.05) is 0 Å². The maximum absolute atomic E-state index is 10.8. The molecular formula is C9H14O3. The first-order valence-corrected chi connectivity index (χ1v) is 4.17. The van der Waals surface area contributed by atoms with Crippen LogP contribution >= 0.6 is 0 Å². The average molecular weight is 170 g/mol. The van der Waals surface area contributed by atoms with Crippen molar-refractivity contribution in [1.29, 1.82) is 0 Å². The van der Waals surface area contributed by atoms with E-state index in [-0.39, 0.29) is 18.0 Å². The summed E-state index contributed by atoms with van der Waals surface area (Å²) in [6, 6.07) is 0. The van der Waals surface area contributed by atoms with Crippen molar-refractivity contribution in [3.63, 3.8) is 0 Å². The summed E-state index contributed by atoms with van der Waals surface area (Å²) in [6.07, 6.45) is 2.51. The monoisotopic (exact) mass is 170 g/mol. The third kappa shape index (κ3) is 5.77. The Labute approximate surface area is 72.1 Å². The Bertz CT molecular complexity index is 173. The van der Waals surface area contributed by atoms with Crippen molar-refractivity contribution in [3.05, 3.63) is 0 Å². The zero-order chi connectivity index (χ0) is 9.40. The van der Waals surface area contributed by atoms with Gasteiger partial charge in [-0.15, -0.1) is 0 Å². The van der Waals surface area contributed by atoms with Gasteiger partial charge >= 0.3 is 0 Å². The molecule has 0 aliphatic carbocycles. The number of carbonyl (C=O) groups excluding carboxylic acids is 3. The molecule has 0 heterocycles. The second kappa shape index (κ2) is 6.70. The Hall–Kier alpha value is -0.990. The van der Waals surface area contributed by atoms with Gasteiger partial charge in [0.1, 0.15) is 17.9 Å². The van der Waals surface area contributed by atoms with Crippen LogP contribution in [0.4, 0.5) is 0 Å². The molecule has 0 unspecified atom stereocenters. The van der Waals surface area contributed by atoms with Gasteiger partial charge in [-0.25, -0.2) is 0 Å². The van der Waals surface area contributed by atoms with E-state index in [1.807, 2.05) is 0 Å². The number of ketones is 2. The standard InChI is InChI=1S/C9H14O3/c1-2-8(11)4-3-5-9(12)6-7-10/h7H,2-6H2,1H3. The van der Waals surface area contributed by atoms with Crippen molar-refractivity contribution < 1.29 is 14.4 Å². The van der Waals surface area contributed by atoms with Crippen LogP contribution in [0.3, 0.4) is 0 Å². The topological polar surface area (TPSA) is 51.2 Å². The van der Waals surface area contributed by atoms with Crippen LogP contribution in [0.1, 0.15) is 39.0 Å². The molecule has 0 atom stereocenters. The molecule has 0 aromatic heterocycles. The summed E-state index contributed by atoms with van der Waals surface area (Å²) in [5.74, 6) is 0.0998. The van der Waals surface area contributed by atoms with Crippen LogP contribution in [0.2, 0.25) is 0 Å². The van der Waals surface area contributed by atoms with Gasteiger partial charge in [-0.2, -0.15) is 0 Å². The summed E-state index contributed by atoms with van der Waals surface area (Å²) in [7, 11) is 0. The highest BCUT2D eigenvalue weighted by Gasteiger charge is 2.02. The predicted molar refractivity (Wildman–Crippen MR) is 44.8 cm³/mol. The molecule has 0 spiro atoms. The maximum atomic E-state index is 10.8. The largest absolute Gasteiger partial charge is 0.303 e. The van der Waals surface area contributed by atoms with E-state index in [9.17, 15) is 14.4 Å². The van der Waals surface area contributed by atoms with Crippen LogP contribution in [-0.2, 0) is 14.4 Å². The highest BCUT2D eigenvalue weighted by Crippen LogP contribution is 2.00. The molecule has 0 aromatic carbocycles. The fourth-order valence-electron chi connectivity index (χ4n) is 0.855. The Kier molecular flexibility index (Phi) is 6.15. The van der Waals surface area contributed by atoms with Gasteiger partial charge in [-0.3, -0.25) is 9.59 Å². The van der Waals surface area contributed by atoms with Gasteiger partial charge in [-0.1, -0.05) is 6.92 Å². The van der Waals surface area contributed by atoms with Crippen molar-refractivity contribution in [1.82, 2.24) is 0 Å². The second-order valence-corrected chi connectivity index (χ2v) is 2.66. The smallest absolute Gasteiger partial charge is 0.139 e. The van der Waals surface area contributed by atoms with Crippen LogP contribution < -0.4 is 0 Å². The molecule has 0 bridgehead atoms. The summed E-state index contributed by atoms with van der Waals surface area (Å²) in [5, 5.41) is 0. The van der Waals surface area contributed by atoms with E-state index in [1.54, 1.807) is 6.92 Å². The minimum Gasteiger partial charge on any atom is -0.303 e. The molecule has 0 radical (unpaired) electrons. The zero-order valence-electron chi connectivity index (χ0n) is 7.34. The fourth-order valence-corrected chi connectivity index (χ4v) is 0.855. The van der Waals surface area contributed by atoms with Crippen molar-refractivity contribution >= 4 is 17.9 Å². The molecule has 0 rings (SSSR count). The molecule has 12 heavy (non-hydrogen) atoms. The Morgan fingerprint density at radius 1 is 1.17 bits per heavy atom. The fraction of sp³-hybridized carbons (Fsp3) is 0.667. The number of rotatable bonds is 7. The molecule has 0 saturated heterocycles. The highest BCUT2D eigenvalue weighted by molar-refractivity contribution is 5.90. The van der Waals surface area contributed by atoms with Gasteiger partial charge in [0.05, 0.1) is 6.42 Å². The summed E-state index contributed by atoms with van der Waals surface area (Å²) in [5.41, 5.74) is 0. The predicted octanol–water partition coefficient (Wildman–Crippen LogP) is 1.29. The van der Waals surface area contributed by atoms with E-state index in [0.29, 0.717) is 32.0 Å². The van der Waals surface area contributed by atoms with Crippen LogP contribution in [-0.4, -0.2) is 17.9 Å². The Balaban J connectivity index is 3.36. The number of aldehydes is 1. The molecule has 0 fully saturated rings. The number of hydrogen-bond acceptors (Lipinski definition) is 3. The molecular weight excluding hydrogens is 156 g/mol. The lowest BCUT2D eigenvalue weighted by molar-refractivity contribution is -0.122. The minimum atomic E-state index is -0.0751. The van der Waals surface area contributed by atoms with Crippen molar-refractivity contribution in [2.45, 2.75) is 39.0 Å². The van der Waals surface area contributed by atoms with Gasteiger partial charge in [0.2, 0.25) is 0 Å². The molecule has 0 aliphatic heterocycles. The SMILES string of the molecule is CCC(=O)CCCC(=O)CC=O. The molecule has 0 aliphatic rings. The second-order valence-electron chi connectivity index (χ2n) is 2.66. The zero-order valence-corrected chi connectivity index (χ0v) is 7.34. The molecule has 3 heteroatoms. The summed E-state index contributed by atoms with van der Waals surface area (Å²) in [4.78, 5) is 31.4. The summed E-state index contributed by atoms with van der Waals surface area (Å²) >= 11 is 0. The average Bonchev–Trinajstić information content (AvgIpc) is 2.04. The van der Waals surface area contributed by atoms with E-state index in [0.717, 1.165) is 0 Å². The van der Waals surface area contributed by atoms with Crippen molar-refractivity contribution in [2.24, 2.45) is 0 Å². The molecule has 0 N–H and O–H groups in total. The van der Waals surface area contributed by atoms with Crippen LogP contribution in [0.5, 0.6) is 0 Å². The lowest BCUT2D eigenvalue weighted by atomic mass is 10.1. The quantitative estimate of drug-likeness (QED) is 0.427. The molecule has 3 nitrogen and oxygen atoms in total. The summed E-state index contributed by atoms with van der Waals surface area (Å²) < 4.78 is 0. The molecule has 0 aromatic rings. The maximum Gasteiger partial charge on any atom is 0.139 e. The van der Waals surface area contributed by atoms with Gasteiger partial charge in [0.15, 0.2) is 0 Å². The lowest BCUT2D eigenvalue weighted by Gasteiger charge is -1.95. The Morgan fingerprint density at radius 2 is 1.75 bits per heavy atom. The van der Waals surface area contributed by atoms with E-state index in [1.165, 1.54) is 0 Å². The molecule has 0 saturated carbocycles. The lowest BCUT2D eigenvalue weighted by Crippen LogP contribution is -2.01. The minimum absolute atomic E-state index is 0.0136. The van der Waals surface area contributed by atoms with E-state index in [2.05, 4.69) is 0 Å². The van der Waals surface area contributed by atoms with Crippen LogP contribution in [0, 0.1) is 0 Å². The third-order valence-electron chi connectivity index (χ3n) is 1.62. The van der Waals surface area contributed by atoms with E-state index < -0.39 is 0 Å². The highest BCUT2D eigenvalue weighted by atomic mass is 16.1. The first-order valence-electron chi connectivity index (χ1n) is 4.17. The first-order chi connectivity index (χ1) is 5.70. The normalized spacial score (nSPS) is 9.42. The van der Waals surface area contributed by atoms with E-state index in [4.69, 9.17) is 0 Å². The molecule has 0 amide bonds. The Morgan fingerprint density at radius 3 is 2.25 bits per heavy atom. The van der Waals surface area contributed by atoms with Crippen LogP contribution in [0.15, 0.2) is 0 Å². The number of Topliss-reactive ketones (excluding diaryl/α,β-unsaturated/α-hetero) is 2. The van der Waals surface area contributed by atoms with Crippen LogP contribution in [0.25, 0.3) is 0 Å².